The lowest BCUT2D eigenvalue weighted by atomic mass is 10.0. The fraction of sp³-hybridized carbons (Fsp3) is 0.292. The highest BCUT2D eigenvalue weighted by atomic mass is 79.9. The number of unbranched alkanes of at least 4 members (excludes halogenated alkanes) is 1. The highest BCUT2D eigenvalue weighted by Gasteiger charge is 2.23. The van der Waals surface area contributed by atoms with Crippen LogP contribution in [0, 0.1) is 12.7 Å². The Hall–Kier alpha value is -2.26. The number of nitrogens with one attached hydrogen (secondary N) is 2. The van der Waals surface area contributed by atoms with Gasteiger partial charge in [0.05, 0.1) is 28.2 Å². The second-order valence-corrected chi connectivity index (χ2v) is 8.80. The molecule has 0 aliphatic rings. The molecular weight excluding hydrogens is 548 g/mol. The molecule has 184 valence electrons. The van der Waals surface area contributed by atoms with Gasteiger partial charge >= 0.3 is 0 Å². The zero-order valence-electron chi connectivity index (χ0n) is 18.8. The summed E-state index contributed by atoms with van der Waals surface area (Å²) in [6, 6.07) is 6.70. The van der Waals surface area contributed by atoms with E-state index >= 15 is 4.39 Å². The molecule has 0 fully saturated rings. The zero-order chi connectivity index (χ0) is 25.1. The summed E-state index contributed by atoms with van der Waals surface area (Å²) in [4.78, 5) is 20.0. The second-order valence-electron chi connectivity index (χ2n) is 7.10. The Balaban J connectivity index is 2.46. The van der Waals surface area contributed by atoms with Crippen LogP contribution in [0.1, 0.15) is 28.8 Å². The van der Waals surface area contributed by atoms with Gasteiger partial charge in [-0.3, -0.25) is 9.63 Å². The van der Waals surface area contributed by atoms with E-state index in [0.717, 1.165) is 17.3 Å². The first-order chi connectivity index (χ1) is 16.3. The topological polar surface area (TPSA) is 62.8 Å². The molecule has 1 amide bonds. The van der Waals surface area contributed by atoms with E-state index in [-0.39, 0.29) is 24.5 Å². The minimum atomic E-state index is -0.640. The average Bonchev–Trinajstić information content (AvgIpc) is 2.81. The van der Waals surface area contributed by atoms with Gasteiger partial charge in [0.15, 0.2) is 5.82 Å². The van der Waals surface area contributed by atoms with Crippen molar-refractivity contribution < 1.29 is 18.8 Å². The fourth-order valence-electron chi connectivity index (χ4n) is 3.09. The molecule has 0 unspecified atom stereocenters. The molecule has 10 heteroatoms. The van der Waals surface area contributed by atoms with Gasteiger partial charge < -0.3 is 15.0 Å². The largest absolute Gasteiger partial charge is 0.499 e. The molecule has 34 heavy (non-hydrogen) atoms. The van der Waals surface area contributed by atoms with Gasteiger partial charge in [-0.05, 0) is 50.2 Å². The molecule has 6 nitrogen and oxygen atoms in total. The summed E-state index contributed by atoms with van der Waals surface area (Å²) < 4.78 is 21.4. The lowest BCUT2D eigenvalue weighted by Gasteiger charge is -2.25. The number of hydrogen-bond donors (Lipinski definition) is 2. The number of ether oxygens (including phenoxy) is 1. The number of nitrogens with zero attached hydrogens (tertiary/aromatic N) is 1. The van der Waals surface area contributed by atoms with Crippen molar-refractivity contribution in [2.75, 3.05) is 35.9 Å². The van der Waals surface area contributed by atoms with Crippen LogP contribution in [0.2, 0.25) is 5.02 Å². The molecule has 2 N–H and O–H groups in total. The molecule has 0 saturated carbocycles. The van der Waals surface area contributed by atoms with Crippen LogP contribution >= 0.6 is 39.1 Å². The molecule has 0 bridgehead atoms. The third kappa shape index (κ3) is 7.63. The first kappa shape index (κ1) is 28.0. The first-order valence-corrected chi connectivity index (χ1v) is 12.2. The van der Waals surface area contributed by atoms with Gasteiger partial charge in [-0.2, -0.15) is 0 Å². The number of carbonyl (C=O) groups excluding carboxylic acids is 1. The standard InChI is InChI=1S/C24H27BrCl2FN3O3/c1-4-31(11-7-6-10-26)21-15-18(24(32)30-34-13-12-33-5-2)23(22(28)16(21)3)29-20-9-8-17(25)14-19(20)27/h4-5,8-9,14-15,29H,1-2,6-7,10-13H2,3H3,(H,30,32). The first-order valence-electron chi connectivity index (χ1n) is 10.5. The molecule has 0 heterocycles. The molecular formula is C24H27BrCl2FN3O3. The van der Waals surface area contributed by atoms with Crippen LogP contribution < -0.4 is 15.7 Å². The molecule has 0 aliphatic carbocycles. The molecule has 0 saturated heterocycles. The van der Waals surface area contributed by atoms with E-state index in [2.05, 4.69) is 39.9 Å². The predicted molar refractivity (Wildman–Crippen MR) is 141 cm³/mol. The molecule has 2 rings (SSSR count). The highest BCUT2D eigenvalue weighted by Crippen LogP contribution is 2.36. The lowest BCUT2D eigenvalue weighted by molar-refractivity contribution is 0.0145. The summed E-state index contributed by atoms with van der Waals surface area (Å²) in [6.45, 7) is 9.76. The van der Waals surface area contributed by atoms with Crippen LogP contribution in [-0.2, 0) is 9.57 Å². The van der Waals surface area contributed by atoms with E-state index in [0.29, 0.717) is 34.4 Å². The Kier molecular flexibility index (Phi) is 11.7. The van der Waals surface area contributed by atoms with Crippen molar-refractivity contribution in [2.24, 2.45) is 0 Å². The van der Waals surface area contributed by atoms with Gasteiger partial charge in [0.1, 0.15) is 13.2 Å². The van der Waals surface area contributed by atoms with Crippen molar-refractivity contribution >= 4 is 62.1 Å². The lowest BCUT2D eigenvalue weighted by Crippen LogP contribution is -2.27. The minimum absolute atomic E-state index is 0.0290. The van der Waals surface area contributed by atoms with Crippen molar-refractivity contribution in [2.45, 2.75) is 19.8 Å². The van der Waals surface area contributed by atoms with Gasteiger partial charge in [0, 0.05) is 28.1 Å². The summed E-state index contributed by atoms with van der Waals surface area (Å²) in [5.74, 6) is -0.713. The van der Waals surface area contributed by atoms with Gasteiger partial charge in [0.25, 0.3) is 5.91 Å². The second kappa shape index (κ2) is 14.2. The van der Waals surface area contributed by atoms with Gasteiger partial charge in [0.2, 0.25) is 0 Å². The third-order valence-corrected chi connectivity index (χ3v) is 5.89. The number of halogens is 4. The summed E-state index contributed by atoms with van der Waals surface area (Å²) in [6.07, 6.45) is 4.44. The molecule has 0 aromatic heterocycles. The molecule has 0 atom stereocenters. The SMILES string of the molecule is C=COCCONC(=O)c1cc(N(C=C)CCCCCl)c(C)c(F)c1Nc1ccc(Br)cc1Cl. The van der Waals surface area contributed by atoms with E-state index in [1.54, 1.807) is 42.3 Å². The van der Waals surface area contributed by atoms with Crippen molar-refractivity contribution in [3.05, 3.63) is 76.3 Å². The Morgan fingerprint density at radius 3 is 2.68 bits per heavy atom. The molecule has 2 aromatic rings. The summed E-state index contributed by atoms with van der Waals surface area (Å²) in [5, 5.41) is 3.32. The van der Waals surface area contributed by atoms with E-state index in [1.165, 1.54) is 6.26 Å². The van der Waals surface area contributed by atoms with E-state index < -0.39 is 11.7 Å². The van der Waals surface area contributed by atoms with Crippen molar-refractivity contribution in [3.63, 3.8) is 0 Å². The predicted octanol–water partition coefficient (Wildman–Crippen LogP) is 7.08. The van der Waals surface area contributed by atoms with Crippen LogP contribution in [-0.4, -0.2) is 31.5 Å². The smallest absolute Gasteiger partial charge is 0.277 e. The van der Waals surface area contributed by atoms with Crippen LogP contribution in [0.5, 0.6) is 0 Å². The molecule has 0 spiro atoms. The average molecular weight is 575 g/mol. The van der Waals surface area contributed by atoms with Crippen molar-refractivity contribution in [3.8, 4) is 0 Å². The number of benzene rings is 2. The Bertz CT molecular complexity index is 1020. The number of hydroxylamine groups is 1. The van der Waals surface area contributed by atoms with Crippen molar-refractivity contribution in [1.29, 1.82) is 0 Å². The summed E-state index contributed by atoms with van der Waals surface area (Å²) in [7, 11) is 0. The third-order valence-electron chi connectivity index (χ3n) is 4.82. The Morgan fingerprint density at radius 1 is 1.26 bits per heavy atom. The number of anilines is 3. The van der Waals surface area contributed by atoms with Crippen LogP contribution in [0.3, 0.4) is 0 Å². The fourth-order valence-corrected chi connectivity index (χ4v) is 4.00. The van der Waals surface area contributed by atoms with E-state index in [4.69, 9.17) is 32.8 Å². The van der Waals surface area contributed by atoms with Crippen LogP contribution in [0.15, 0.2) is 54.4 Å². The quantitative estimate of drug-likeness (QED) is 0.109. The van der Waals surface area contributed by atoms with Gasteiger partial charge in [-0.1, -0.05) is 40.7 Å². The summed E-state index contributed by atoms with van der Waals surface area (Å²) >= 11 is 15.5. The molecule has 0 aliphatic heterocycles. The maximum atomic E-state index is 15.7. The van der Waals surface area contributed by atoms with Gasteiger partial charge in [-0.15, -0.1) is 11.6 Å². The maximum Gasteiger partial charge on any atom is 0.277 e. The number of carbonyl (C=O) groups is 1. The van der Waals surface area contributed by atoms with E-state index in [1.807, 2.05) is 0 Å². The normalized spacial score (nSPS) is 10.5. The van der Waals surface area contributed by atoms with Crippen LogP contribution in [0.4, 0.5) is 21.5 Å². The molecule has 2 aromatic carbocycles. The number of hydrogen-bond acceptors (Lipinski definition) is 5. The maximum absolute atomic E-state index is 15.7. The number of alkyl halides is 1. The molecule has 0 radical (unpaired) electrons. The van der Waals surface area contributed by atoms with Crippen molar-refractivity contribution in [1.82, 2.24) is 5.48 Å². The number of rotatable bonds is 14. The Labute approximate surface area is 217 Å². The monoisotopic (exact) mass is 573 g/mol. The van der Waals surface area contributed by atoms with Crippen LogP contribution in [0.25, 0.3) is 0 Å². The van der Waals surface area contributed by atoms with E-state index in [9.17, 15) is 4.79 Å². The minimum Gasteiger partial charge on any atom is -0.499 e. The van der Waals surface area contributed by atoms with Gasteiger partial charge in [-0.25, -0.2) is 9.87 Å². The highest BCUT2D eigenvalue weighted by molar-refractivity contribution is 9.10. The number of amides is 1. The summed E-state index contributed by atoms with van der Waals surface area (Å²) in [5.41, 5.74) is 3.63. The Morgan fingerprint density at radius 2 is 2.03 bits per heavy atom. The zero-order valence-corrected chi connectivity index (χ0v) is 21.9.